The van der Waals surface area contributed by atoms with Gasteiger partial charge >= 0.3 is 0 Å². The van der Waals surface area contributed by atoms with E-state index in [9.17, 15) is 8.42 Å². The Morgan fingerprint density at radius 1 is 1.55 bits per heavy atom. The topological polar surface area (TPSA) is 69.4 Å². The van der Waals surface area contributed by atoms with Crippen LogP contribution in [-0.4, -0.2) is 26.5 Å². The monoisotopic (exact) mass is 199 g/mol. The molecule has 1 fully saturated rings. The van der Waals surface area contributed by atoms with Crippen LogP contribution >= 0.6 is 10.7 Å². The lowest BCUT2D eigenvalue weighted by Gasteiger charge is -2.07. The Balaban J connectivity index is 2.55. The molecule has 0 unspecified atom stereocenters. The lowest BCUT2D eigenvalue weighted by molar-refractivity contribution is 0.0939. The fourth-order valence-electron chi connectivity index (χ4n) is 1.05. The molecule has 0 aromatic heterocycles. The second kappa shape index (κ2) is 3.26. The van der Waals surface area contributed by atoms with E-state index in [1.54, 1.807) is 0 Å². The van der Waals surface area contributed by atoms with E-state index in [4.69, 9.17) is 21.2 Å². The first-order valence-electron chi connectivity index (χ1n) is 3.33. The van der Waals surface area contributed by atoms with Crippen LogP contribution < -0.4 is 5.73 Å². The van der Waals surface area contributed by atoms with E-state index in [1.165, 1.54) is 0 Å². The third-order valence-corrected chi connectivity index (χ3v) is 3.22. The Bertz CT molecular complexity index is 228. The lowest BCUT2D eigenvalue weighted by Crippen LogP contribution is -2.22. The van der Waals surface area contributed by atoms with Gasteiger partial charge in [-0.2, -0.15) is 0 Å². The molecule has 11 heavy (non-hydrogen) atoms. The molecule has 1 saturated heterocycles. The van der Waals surface area contributed by atoms with E-state index in [-0.39, 0.29) is 6.10 Å². The van der Waals surface area contributed by atoms with Crippen LogP contribution in [0.2, 0.25) is 0 Å². The molecule has 0 aromatic rings. The van der Waals surface area contributed by atoms with Crippen molar-refractivity contribution in [2.45, 2.75) is 24.4 Å². The van der Waals surface area contributed by atoms with E-state index < -0.39 is 14.5 Å². The van der Waals surface area contributed by atoms with Gasteiger partial charge in [0.2, 0.25) is 0 Å². The molecule has 0 aliphatic carbocycles. The van der Waals surface area contributed by atoms with Crippen molar-refractivity contribution >= 4 is 19.7 Å². The largest absolute Gasteiger partial charge is 0.356 e. The highest BCUT2D eigenvalue weighted by molar-refractivity contribution is 8.14. The minimum Gasteiger partial charge on any atom is -0.356 e. The predicted molar refractivity (Wildman–Crippen MR) is 41.7 cm³/mol. The molecule has 0 aromatic carbocycles. The van der Waals surface area contributed by atoms with Gasteiger partial charge in [0, 0.05) is 17.2 Å². The van der Waals surface area contributed by atoms with Crippen LogP contribution in [0.5, 0.6) is 0 Å². The van der Waals surface area contributed by atoms with Crippen LogP contribution in [0, 0.1) is 0 Å². The van der Waals surface area contributed by atoms with Crippen molar-refractivity contribution in [3.63, 3.8) is 0 Å². The van der Waals surface area contributed by atoms with Gasteiger partial charge in [-0.25, -0.2) is 8.42 Å². The first kappa shape index (κ1) is 9.25. The Hall–Kier alpha value is 0.160. The van der Waals surface area contributed by atoms with E-state index in [0.717, 1.165) is 0 Å². The molecule has 0 radical (unpaired) electrons. The third kappa shape index (κ3) is 2.30. The first-order valence-corrected chi connectivity index (χ1v) is 5.70. The standard InChI is InChI=1S/C5H10ClNO3S/c6-11(8,9)5-2-1-4(3-7)10-5/h4-5H,1-3,7H2/t4-,5+/m0/s1. The summed E-state index contributed by atoms with van der Waals surface area (Å²) in [5.41, 5.74) is 4.43. The van der Waals surface area contributed by atoms with Crippen molar-refractivity contribution in [1.82, 2.24) is 0 Å². The van der Waals surface area contributed by atoms with Gasteiger partial charge in [-0.15, -0.1) is 0 Å². The molecule has 2 N–H and O–H groups in total. The summed E-state index contributed by atoms with van der Waals surface area (Å²) < 4.78 is 26.4. The van der Waals surface area contributed by atoms with Crippen molar-refractivity contribution in [2.75, 3.05) is 6.54 Å². The van der Waals surface area contributed by atoms with E-state index in [0.29, 0.717) is 19.4 Å². The number of halogens is 1. The normalized spacial score (nSPS) is 32.5. The molecular formula is C5H10ClNO3S. The highest BCUT2D eigenvalue weighted by atomic mass is 35.7. The zero-order valence-corrected chi connectivity index (χ0v) is 7.44. The van der Waals surface area contributed by atoms with Gasteiger partial charge < -0.3 is 10.5 Å². The fraction of sp³-hybridized carbons (Fsp3) is 1.00. The summed E-state index contributed by atoms with van der Waals surface area (Å²) in [5.74, 6) is 0. The summed E-state index contributed by atoms with van der Waals surface area (Å²) in [4.78, 5) is 0. The summed E-state index contributed by atoms with van der Waals surface area (Å²) in [6.45, 7) is 0.350. The quantitative estimate of drug-likeness (QED) is 0.637. The Morgan fingerprint density at radius 2 is 2.18 bits per heavy atom. The minimum absolute atomic E-state index is 0.145. The van der Waals surface area contributed by atoms with Crippen molar-refractivity contribution < 1.29 is 13.2 Å². The Morgan fingerprint density at radius 3 is 2.45 bits per heavy atom. The first-order chi connectivity index (χ1) is 5.04. The van der Waals surface area contributed by atoms with Crippen LogP contribution in [0.15, 0.2) is 0 Å². The highest BCUT2D eigenvalue weighted by Gasteiger charge is 2.32. The molecule has 1 aliphatic rings. The summed E-state index contributed by atoms with van der Waals surface area (Å²) in [5, 5.41) is 0. The summed E-state index contributed by atoms with van der Waals surface area (Å²) in [7, 11) is 1.52. The van der Waals surface area contributed by atoms with Crippen LogP contribution in [0.25, 0.3) is 0 Å². The molecule has 1 rings (SSSR count). The molecule has 2 atom stereocenters. The summed E-state index contributed by atoms with van der Waals surface area (Å²) in [6.07, 6.45) is 0.981. The van der Waals surface area contributed by atoms with Gasteiger partial charge in [0.1, 0.15) is 0 Å². The van der Waals surface area contributed by atoms with Gasteiger partial charge in [0.25, 0.3) is 9.05 Å². The average Bonchev–Trinajstić information content (AvgIpc) is 2.32. The Kier molecular flexibility index (Phi) is 2.74. The molecule has 0 saturated carbocycles. The molecular weight excluding hydrogens is 190 g/mol. The molecule has 4 nitrogen and oxygen atoms in total. The maximum atomic E-state index is 10.7. The maximum absolute atomic E-state index is 10.7. The van der Waals surface area contributed by atoms with Crippen molar-refractivity contribution in [1.29, 1.82) is 0 Å². The molecule has 1 aliphatic heterocycles. The van der Waals surface area contributed by atoms with Crippen molar-refractivity contribution in [2.24, 2.45) is 5.73 Å². The van der Waals surface area contributed by atoms with Gasteiger partial charge in [-0.05, 0) is 12.8 Å². The zero-order valence-electron chi connectivity index (χ0n) is 5.86. The number of hydrogen-bond donors (Lipinski definition) is 1. The predicted octanol–water partition coefficient (Wildman–Crippen LogP) is 0.0188. The van der Waals surface area contributed by atoms with Gasteiger partial charge in [0.05, 0.1) is 6.10 Å². The second-order valence-electron chi connectivity index (χ2n) is 2.48. The average molecular weight is 200 g/mol. The van der Waals surface area contributed by atoms with Crippen LogP contribution in [0.4, 0.5) is 0 Å². The second-order valence-corrected chi connectivity index (χ2v) is 5.24. The van der Waals surface area contributed by atoms with Crippen molar-refractivity contribution in [3.05, 3.63) is 0 Å². The number of ether oxygens (including phenoxy) is 1. The molecule has 1 heterocycles. The summed E-state index contributed by atoms with van der Waals surface area (Å²) in [6, 6.07) is 0. The van der Waals surface area contributed by atoms with Gasteiger partial charge in [-0.1, -0.05) is 0 Å². The smallest absolute Gasteiger partial charge is 0.259 e. The number of rotatable bonds is 2. The number of hydrogen-bond acceptors (Lipinski definition) is 4. The Labute approximate surface area is 70.1 Å². The maximum Gasteiger partial charge on any atom is 0.259 e. The lowest BCUT2D eigenvalue weighted by atomic mass is 10.2. The van der Waals surface area contributed by atoms with Gasteiger partial charge in [0.15, 0.2) is 5.44 Å². The fourth-order valence-corrected chi connectivity index (χ4v) is 2.15. The van der Waals surface area contributed by atoms with E-state index in [2.05, 4.69) is 0 Å². The molecule has 66 valence electrons. The molecule has 6 heteroatoms. The minimum atomic E-state index is -3.55. The SMILES string of the molecule is NC[C@@H]1CC[C@@H](S(=O)(=O)Cl)O1. The third-order valence-electron chi connectivity index (χ3n) is 1.65. The zero-order chi connectivity index (χ0) is 8.48. The summed E-state index contributed by atoms with van der Waals surface area (Å²) >= 11 is 0. The van der Waals surface area contributed by atoms with Crippen LogP contribution in [0.1, 0.15) is 12.8 Å². The van der Waals surface area contributed by atoms with Crippen LogP contribution in [-0.2, 0) is 13.8 Å². The highest BCUT2D eigenvalue weighted by Crippen LogP contribution is 2.25. The van der Waals surface area contributed by atoms with Gasteiger partial charge in [-0.3, -0.25) is 0 Å². The molecule has 0 bridgehead atoms. The molecule has 0 spiro atoms. The van der Waals surface area contributed by atoms with E-state index in [1.807, 2.05) is 0 Å². The number of nitrogens with two attached hydrogens (primary N) is 1. The van der Waals surface area contributed by atoms with Crippen LogP contribution in [0.3, 0.4) is 0 Å². The van der Waals surface area contributed by atoms with Crippen molar-refractivity contribution in [3.8, 4) is 0 Å². The van der Waals surface area contributed by atoms with E-state index >= 15 is 0 Å². The molecule has 0 amide bonds.